The number of benzene rings is 1. The molecule has 1 aromatic rings. The van der Waals surface area contributed by atoms with Gasteiger partial charge in [0.05, 0.1) is 12.5 Å². The Morgan fingerprint density at radius 1 is 1.29 bits per heavy atom. The average Bonchev–Trinajstić information content (AvgIpc) is 2.96. The van der Waals surface area contributed by atoms with Gasteiger partial charge in [0, 0.05) is 51.1 Å². The molecule has 0 aliphatic carbocycles. The highest BCUT2D eigenvalue weighted by molar-refractivity contribution is 5.97. The molecule has 2 amide bonds. The summed E-state index contributed by atoms with van der Waals surface area (Å²) in [6.45, 7) is 7.63. The van der Waals surface area contributed by atoms with Crippen molar-refractivity contribution in [2.24, 2.45) is 5.92 Å². The van der Waals surface area contributed by atoms with Crippen molar-refractivity contribution in [3.05, 3.63) is 24.3 Å². The lowest BCUT2D eigenvalue weighted by molar-refractivity contribution is -0.128. The summed E-state index contributed by atoms with van der Waals surface area (Å²) in [6.07, 6.45) is 0.271. The van der Waals surface area contributed by atoms with Gasteiger partial charge in [0.25, 0.3) is 0 Å². The van der Waals surface area contributed by atoms with E-state index in [9.17, 15) is 9.59 Å². The Hall–Kier alpha value is -2.08. The zero-order valence-electron chi connectivity index (χ0n) is 14.7. The highest BCUT2D eigenvalue weighted by Crippen LogP contribution is 2.21. The quantitative estimate of drug-likeness (QED) is 0.790. The van der Waals surface area contributed by atoms with Gasteiger partial charge in [0.1, 0.15) is 0 Å². The van der Waals surface area contributed by atoms with E-state index in [0.717, 1.165) is 24.5 Å². The Labute approximate surface area is 143 Å². The number of carbonyl (C=O) groups excluding carboxylic acids is 2. The number of hydrogen-bond acceptors (Lipinski definition) is 4. The molecular formula is C18H27N3O3. The van der Waals surface area contributed by atoms with Gasteiger partial charge in [-0.2, -0.15) is 0 Å². The highest BCUT2D eigenvalue weighted by atomic mass is 16.5. The van der Waals surface area contributed by atoms with E-state index in [0.29, 0.717) is 19.7 Å². The van der Waals surface area contributed by atoms with E-state index >= 15 is 0 Å². The maximum atomic E-state index is 12.4. The average molecular weight is 333 g/mol. The summed E-state index contributed by atoms with van der Waals surface area (Å²) in [7, 11) is 1.60. The molecule has 1 aliphatic heterocycles. The van der Waals surface area contributed by atoms with Crippen molar-refractivity contribution in [1.82, 2.24) is 4.90 Å². The van der Waals surface area contributed by atoms with Crippen molar-refractivity contribution in [2.75, 3.05) is 50.1 Å². The standard InChI is InChI=1S/C18H27N3O3/c1-4-20(5-2)16-8-6-15(7-9-16)19-18(23)14-12-17(22)21(13-14)10-11-24-3/h6-9,14H,4-5,10-13H2,1-3H3,(H,19,23). The van der Waals surface area contributed by atoms with Gasteiger partial charge in [-0.05, 0) is 38.1 Å². The van der Waals surface area contributed by atoms with E-state index in [1.54, 1.807) is 12.0 Å². The van der Waals surface area contributed by atoms with Gasteiger partial charge in [0.2, 0.25) is 11.8 Å². The summed E-state index contributed by atoms with van der Waals surface area (Å²) in [5, 5.41) is 2.92. The third kappa shape index (κ3) is 4.47. The minimum atomic E-state index is -0.295. The number of hydrogen-bond donors (Lipinski definition) is 1. The molecule has 6 heteroatoms. The number of carbonyl (C=O) groups is 2. The third-order valence-electron chi connectivity index (χ3n) is 4.41. The molecule has 0 radical (unpaired) electrons. The molecule has 2 rings (SSSR count). The fraction of sp³-hybridized carbons (Fsp3) is 0.556. The topological polar surface area (TPSA) is 61.9 Å². The van der Waals surface area contributed by atoms with E-state index in [4.69, 9.17) is 4.74 Å². The Balaban J connectivity index is 1.91. The Morgan fingerprint density at radius 3 is 2.54 bits per heavy atom. The van der Waals surface area contributed by atoms with Crippen LogP contribution < -0.4 is 10.2 Å². The lowest BCUT2D eigenvalue weighted by Gasteiger charge is -2.21. The molecule has 0 spiro atoms. The van der Waals surface area contributed by atoms with E-state index in [1.807, 2.05) is 24.3 Å². The number of amides is 2. The molecule has 0 saturated carbocycles. The SMILES string of the molecule is CCN(CC)c1ccc(NC(=O)C2CC(=O)N(CCOC)C2)cc1. The lowest BCUT2D eigenvalue weighted by atomic mass is 10.1. The predicted octanol–water partition coefficient (Wildman–Crippen LogP) is 1.97. The first-order chi connectivity index (χ1) is 11.6. The van der Waals surface area contributed by atoms with Gasteiger partial charge in [0.15, 0.2) is 0 Å². The van der Waals surface area contributed by atoms with Crippen LogP contribution in [0.2, 0.25) is 0 Å². The van der Waals surface area contributed by atoms with Crippen molar-refractivity contribution < 1.29 is 14.3 Å². The van der Waals surface area contributed by atoms with E-state index in [-0.39, 0.29) is 24.2 Å². The molecule has 132 valence electrons. The molecule has 1 unspecified atom stereocenters. The van der Waals surface area contributed by atoms with Crippen LogP contribution in [-0.4, -0.2) is 56.6 Å². The van der Waals surface area contributed by atoms with Crippen LogP contribution in [0.4, 0.5) is 11.4 Å². The minimum Gasteiger partial charge on any atom is -0.383 e. The smallest absolute Gasteiger partial charge is 0.229 e. The molecule has 1 aromatic carbocycles. The van der Waals surface area contributed by atoms with Crippen molar-refractivity contribution in [1.29, 1.82) is 0 Å². The van der Waals surface area contributed by atoms with Crippen LogP contribution in [0.3, 0.4) is 0 Å². The predicted molar refractivity (Wildman–Crippen MR) is 95.2 cm³/mol. The first kappa shape index (κ1) is 18.3. The van der Waals surface area contributed by atoms with Crippen LogP contribution >= 0.6 is 0 Å². The molecular weight excluding hydrogens is 306 g/mol. The van der Waals surface area contributed by atoms with Crippen molar-refractivity contribution in [3.8, 4) is 0 Å². The summed E-state index contributed by atoms with van der Waals surface area (Å²) >= 11 is 0. The summed E-state index contributed by atoms with van der Waals surface area (Å²) in [6, 6.07) is 7.83. The molecule has 6 nitrogen and oxygen atoms in total. The van der Waals surface area contributed by atoms with Crippen molar-refractivity contribution >= 4 is 23.2 Å². The monoisotopic (exact) mass is 333 g/mol. The van der Waals surface area contributed by atoms with Crippen LogP contribution in [-0.2, 0) is 14.3 Å². The number of likely N-dealkylation sites (tertiary alicyclic amines) is 1. The van der Waals surface area contributed by atoms with Crippen LogP contribution in [0.1, 0.15) is 20.3 Å². The third-order valence-corrected chi connectivity index (χ3v) is 4.41. The second kappa shape index (κ2) is 8.68. The zero-order valence-corrected chi connectivity index (χ0v) is 14.7. The van der Waals surface area contributed by atoms with Gasteiger partial charge in [-0.1, -0.05) is 0 Å². The van der Waals surface area contributed by atoms with Gasteiger partial charge in [-0.15, -0.1) is 0 Å². The van der Waals surface area contributed by atoms with Gasteiger partial charge in [-0.3, -0.25) is 9.59 Å². The molecule has 0 bridgehead atoms. The first-order valence-corrected chi connectivity index (χ1v) is 8.51. The molecule has 1 atom stereocenters. The van der Waals surface area contributed by atoms with Crippen LogP contribution in [0.15, 0.2) is 24.3 Å². The summed E-state index contributed by atoms with van der Waals surface area (Å²) in [5.41, 5.74) is 1.90. The Kier molecular flexibility index (Phi) is 6.61. The second-order valence-electron chi connectivity index (χ2n) is 5.94. The number of nitrogens with one attached hydrogen (secondary N) is 1. The second-order valence-corrected chi connectivity index (χ2v) is 5.94. The first-order valence-electron chi connectivity index (χ1n) is 8.51. The summed E-state index contributed by atoms with van der Waals surface area (Å²) in [5.74, 6) is -0.375. The van der Waals surface area contributed by atoms with E-state index in [2.05, 4.69) is 24.1 Å². The molecule has 1 N–H and O–H groups in total. The van der Waals surface area contributed by atoms with Gasteiger partial charge >= 0.3 is 0 Å². The number of nitrogens with zero attached hydrogens (tertiary/aromatic N) is 2. The number of ether oxygens (including phenoxy) is 1. The summed E-state index contributed by atoms with van der Waals surface area (Å²) in [4.78, 5) is 28.2. The fourth-order valence-electron chi connectivity index (χ4n) is 2.95. The number of anilines is 2. The molecule has 1 aliphatic rings. The molecule has 24 heavy (non-hydrogen) atoms. The molecule has 0 aromatic heterocycles. The minimum absolute atomic E-state index is 0.0177. The van der Waals surface area contributed by atoms with E-state index in [1.165, 1.54) is 0 Å². The number of rotatable bonds is 8. The molecule has 1 fully saturated rings. The van der Waals surface area contributed by atoms with Crippen molar-refractivity contribution in [3.63, 3.8) is 0 Å². The molecule has 1 heterocycles. The lowest BCUT2D eigenvalue weighted by Crippen LogP contribution is -2.30. The normalized spacial score (nSPS) is 17.2. The number of methoxy groups -OCH3 is 1. The maximum Gasteiger partial charge on any atom is 0.229 e. The maximum absolute atomic E-state index is 12.4. The highest BCUT2D eigenvalue weighted by Gasteiger charge is 2.33. The fourth-order valence-corrected chi connectivity index (χ4v) is 2.95. The summed E-state index contributed by atoms with van der Waals surface area (Å²) < 4.78 is 4.99. The Bertz CT molecular complexity index is 555. The zero-order chi connectivity index (χ0) is 17.5. The Morgan fingerprint density at radius 2 is 1.96 bits per heavy atom. The van der Waals surface area contributed by atoms with Gasteiger partial charge in [-0.25, -0.2) is 0 Å². The van der Waals surface area contributed by atoms with Crippen LogP contribution in [0, 0.1) is 5.92 Å². The van der Waals surface area contributed by atoms with E-state index < -0.39 is 0 Å². The van der Waals surface area contributed by atoms with Crippen LogP contribution in [0.25, 0.3) is 0 Å². The van der Waals surface area contributed by atoms with Crippen LogP contribution in [0.5, 0.6) is 0 Å². The largest absolute Gasteiger partial charge is 0.383 e. The molecule has 1 saturated heterocycles. The van der Waals surface area contributed by atoms with Crippen molar-refractivity contribution in [2.45, 2.75) is 20.3 Å². The van der Waals surface area contributed by atoms with Gasteiger partial charge < -0.3 is 19.9 Å².